The fourth-order valence-electron chi connectivity index (χ4n) is 1.99. The molecule has 94 valence electrons. The average molecular weight is 246 g/mol. The first kappa shape index (κ1) is 11.0. The van der Waals surface area contributed by atoms with E-state index in [4.69, 9.17) is 4.74 Å². The minimum absolute atomic E-state index is 0.296. The molecule has 2 aromatic rings. The standard InChI is InChI=1S/C12H14N4O2/c17-12(16-5-3-13-4-6-16)18-10-2-1-9-8-14-15-11(9)7-10/h1-2,7-8,13H,3-6H2,(H,14,15). The first-order valence-electron chi connectivity index (χ1n) is 5.93. The smallest absolute Gasteiger partial charge is 0.410 e. The lowest BCUT2D eigenvalue weighted by atomic mass is 10.2. The number of nitrogens with zero attached hydrogens (tertiary/aromatic N) is 2. The normalized spacial score (nSPS) is 15.9. The molecule has 1 aromatic heterocycles. The molecule has 0 spiro atoms. The van der Waals surface area contributed by atoms with Gasteiger partial charge in [0.2, 0.25) is 0 Å². The zero-order valence-electron chi connectivity index (χ0n) is 9.85. The topological polar surface area (TPSA) is 70.2 Å². The molecule has 0 unspecified atom stereocenters. The second kappa shape index (κ2) is 4.66. The molecule has 0 atom stereocenters. The maximum Gasteiger partial charge on any atom is 0.415 e. The van der Waals surface area contributed by atoms with Gasteiger partial charge in [-0.25, -0.2) is 4.79 Å². The van der Waals surface area contributed by atoms with E-state index in [0.717, 1.165) is 24.0 Å². The summed E-state index contributed by atoms with van der Waals surface area (Å²) in [5, 5.41) is 11.0. The molecule has 3 rings (SSSR count). The molecular weight excluding hydrogens is 232 g/mol. The van der Waals surface area contributed by atoms with E-state index in [1.54, 1.807) is 23.2 Å². The van der Waals surface area contributed by atoms with E-state index in [1.165, 1.54) is 0 Å². The molecule has 1 aliphatic heterocycles. The third kappa shape index (κ3) is 2.14. The Kier molecular flexibility index (Phi) is 2.85. The van der Waals surface area contributed by atoms with E-state index in [2.05, 4.69) is 15.5 Å². The van der Waals surface area contributed by atoms with Crippen LogP contribution in [-0.2, 0) is 0 Å². The van der Waals surface area contributed by atoms with Gasteiger partial charge in [-0.05, 0) is 12.1 Å². The Hall–Kier alpha value is -2.08. The van der Waals surface area contributed by atoms with Crippen molar-refractivity contribution in [3.63, 3.8) is 0 Å². The van der Waals surface area contributed by atoms with Gasteiger partial charge in [0, 0.05) is 37.6 Å². The summed E-state index contributed by atoms with van der Waals surface area (Å²) >= 11 is 0. The van der Waals surface area contributed by atoms with Crippen molar-refractivity contribution in [3.05, 3.63) is 24.4 Å². The summed E-state index contributed by atoms with van der Waals surface area (Å²) in [6, 6.07) is 5.43. The number of piperazine rings is 1. The van der Waals surface area contributed by atoms with Crippen molar-refractivity contribution in [2.75, 3.05) is 26.2 Å². The Morgan fingerprint density at radius 2 is 2.17 bits per heavy atom. The van der Waals surface area contributed by atoms with Crippen LogP contribution in [0.3, 0.4) is 0 Å². The predicted molar refractivity (Wildman–Crippen MR) is 66.6 cm³/mol. The van der Waals surface area contributed by atoms with E-state index < -0.39 is 0 Å². The number of aromatic amines is 1. The number of hydrogen-bond donors (Lipinski definition) is 2. The van der Waals surface area contributed by atoms with Crippen LogP contribution in [0.15, 0.2) is 24.4 Å². The molecule has 1 amide bonds. The monoisotopic (exact) mass is 246 g/mol. The van der Waals surface area contributed by atoms with Crippen LogP contribution >= 0.6 is 0 Å². The first-order chi connectivity index (χ1) is 8.83. The maximum absolute atomic E-state index is 11.9. The molecule has 2 N–H and O–H groups in total. The number of ether oxygens (including phenoxy) is 1. The fraction of sp³-hybridized carbons (Fsp3) is 0.333. The summed E-state index contributed by atoms with van der Waals surface area (Å²) in [7, 11) is 0. The zero-order valence-corrected chi connectivity index (χ0v) is 9.85. The Morgan fingerprint density at radius 3 is 3.00 bits per heavy atom. The van der Waals surface area contributed by atoms with Crippen molar-refractivity contribution < 1.29 is 9.53 Å². The van der Waals surface area contributed by atoms with E-state index in [-0.39, 0.29) is 6.09 Å². The molecule has 1 fully saturated rings. The van der Waals surface area contributed by atoms with Crippen LogP contribution in [0.5, 0.6) is 5.75 Å². The highest BCUT2D eigenvalue weighted by atomic mass is 16.6. The number of carbonyl (C=O) groups excluding carboxylic acids is 1. The molecule has 1 aliphatic rings. The number of H-pyrrole nitrogens is 1. The fourth-order valence-corrected chi connectivity index (χ4v) is 1.99. The lowest BCUT2D eigenvalue weighted by Crippen LogP contribution is -2.47. The van der Waals surface area contributed by atoms with Crippen LogP contribution < -0.4 is 10.1 Å². The number of benzene rings is 1. The molecule has 18 heavy (non-hydrogen) atoms. The molecule has 2 heterocycles. The number of fused-ring (bicyclic) bond motifs is 1. The second-order valence-electron chi connectivity index (χ2n) is 4.22. The van der Waals surface area contributed by atoms with Gasteiger partial charge in [0.1, 0.15) is 5.75 Å². The van der Waals surface area contributed by atoms with E-state index in [1.807, 2.05) is 6.07 Å². The number of hydrogen-bond acceptors (Lipinski definition) is 4. The van der Waals surface area contributed by atoms with E-state index in [9.17, 15) is 4.79 Å². The third-order valence-electron chi connectivity index (χ3n) is 2.99. The maximum atomic E-state index is 11.9. The molecular formula is C12H14N4O2. The molecule has 0 aliphatic carbocycles. The van der Waals surface area contributed by atoms with Crippen molar-refractivity contribution >= 4 is 17.0 Å². The van der Waals surface area contributed by atoms with Crippen LogP contribution in [-0.4, -0.2) is 47.4 Å². The Bertz CT molecular complexity index is 560. The first-order valence-corrected chi connectivity index (χ1v) is 5.93. The summed E-state index contributed by atoms with van der Waals surface area (Å²) in [5.41, 5.74) is 0.862. The summed E-state index contributed by atoms with van der Waals surface area (Å²) in [4.78, 5) is 13.6. The van der Waals surface area contributed by atoms with Crippen LogP contribution in [0.4, 0.5) is 4.79 Å². The number of nitrogens with one attached hydrogen (secondary N) is 2. The number of amides is 1. The van der Waals surface area contributed by atoms with Crippen LogP contribution in [0.1, 0.15) is 0 Å². The highest BCUT2D eigenvalue weighted by Gasteiger charge is 2.18. The molecule has 0 saturated carbocycles. The lowest BCUT2D eigenvalue weighted by molar-refractivity contribution is 0.146. The van der Waals surface area contributed by atoms with Crippen LogP contribution in [0.25, 0.3) is 10.9 Å². The van der Waals surface area contributed by atoms with Gasteiger partial charge in [-0.2, -0.15) is 5.10 Å². The molecule has 1 aromatic carbocycles. The molecule has 1 saturated heterocycles. The SMILES string of the molecule is O=C(Oc1ccc2cn[nH]c2c1)N1CCNCC1. The van der Waals surface area contributed by atoms with Gasteiger partial charge in [-0.3, -0.25) is 5.10 Å². The summed E-state index contributed by atoms with van der Waals surface area (Å²) in [5.74, 6) is 0.537. The van der Waals surface area contributed by atoms with Gasteiger partial charge in [-0.1, -0.05) is 0 Å². The predicted octanol–water partition coefficient (Wildman–Crippen LogP) is 0.967. The van der Waals surface area contributed by atoms with Gasteiger partial charge in [-0.15, -0.1) is 0 Å². The van der Waals surface area contributed by atoms with Gasteiger partial charge < -0.3 is 15.0 Å². The number of aromatic nitrogens is 2. The van der Waals surface area contributed by atoms with Gasteiger partial charge in [0.05, 0.1) is 11.7 Å². The number of rotatable bonds is 1. The molecule has 0 bridgehead atoms. The minimum Gasteiger partial charge on any atom is -0.410 e. The highest BCUT2D eigenvalue weighted by Crippen LogP contribution is 2.19. The van der Waals surface area contributed by atoms with Crippen molar-refractivity contribution in [2.45, 2.75) is 0 Å². The van der Waals surface area contributed by atoms with E-state index >= 15 is 0 Å². The molecule has 6 nitrogen and oxygen atoms in total. The molecule has 0 radical (unpaired) electrons. The van der Waals surface area contributed by atoms with Crippen molar-refractivity contribution in [1.82, 2.24) is 20.4 Å². The summed E-state index contributed by atoms with van der Waals surface area (Å²) in [6.45, 7) is 3.00. The average Bonchev–Trinajstić information content (AvgIpc) is 2.87. The summed E-state index contributed by atoms with van der Waals surface area (Å²) < 4.78 is 5.34. The molecule has 6 heteroatoms. The lowest BCUT2D eigenvalue weighted by Gasteiger charge is -2.26. The van der Waals surface area contributed by atoms with Gasteiger partial charge >= 0.3 is 6.09 Å². The number of carbonyl (C=O) groups is 1. The van der Waals surface area contributed by atoms with Crippen LogP contribution in [0, 0.1) is 0 Å². The Morgan fingerprint density at radius 1 is 1.33 bits per heavy atom. The largest absolute Gasteiger partial charge is 0.415 e. The zero-order chi connectivity index (χ0) is 12.4. The van der Waals surface area contributed by atoms with Gasteiger partial charge in [0.25, 0.3) is 0 Å². The minimum atomic E-state index is -0.296. The second-order valence-corrected chi connectivity index (χ2v) is 4.22. The van der Waals surface area contributed by atoms with Crippen LogP contribution in [0.2, 0.25) is 0 Å². The Labute approximate surface area is 104 Å². The summed E-state index contributed by atoms with van der Waals surface area (Å²) in [6.07, 6.45) is 1.44. The van der Waals surface area contributed by atoms with Crippen molar-refractivity contribution in [1.29, 1.82) is 0 Å². The van der Waals surface area contributed by atoms with Crippen molar-refractivity contribution in [2.24, 2.45) is 0 Å². The Balaban J connectivity index is 1.72. The van der Waals surface area contributed by atoms with E-state index in [0.29, 0.717) is 18.8 Å². The third-order valence-corrected chi connectivity index (χ3v) is 2.99. The quantitative estimate of drug-likeness (QED) is 0.786. The van der Waals surface area contributed by atoms with Crippen molar-refractivity contribution in [3.8, 4) is 5.75 Å². The highest BCUT2D eigenvalue weighted by molar-refractivity contribution is 5.80. The van der Waals surface area contributed by atoms with Gasteiger partial charge in [0.15, 0.2) is 0 Å².